The van der Waals surface area contributed by atoms with E-state index in [-0.39, 0.29) is 24.3 Å². The van der Waals surface area contributed by atoms with Crippen molar-refractivity contribution < 1.29 is 9.59 Å². The Morgan fingerprint density at radius 1 is 1.18 bits per heavy atom. The quantitative estimate of drug-likeness (QED) is 0.797. The summed E-state index contributed by atoms with van der Waals surface area (Å²) in [6, 6.07) is 7.60. The van der Waals surface area contributed by atoms with Crippen molar-refractivity contribution in [2.45, 2.75) is 39.8 Å². The zero-order valence-corrected chi connectivity index (χ0v) is 13.9. The molecule has 122 valence electrons. The zero-order valence-electron chi connectivity index (χ0n) is 13.9. The highest BCUT2D eigenvalue weighted by molar-refractivity contribution is 5.87. The highest BCUT2D eigenvalue weighted by atomic mass is 16.2. The van der Waals surface area contributed by atoms with E-state index in [2.05, 4.69) is 24.4 Å². The van der Waals surface area contributed by atoms with E-state index in [9.17, 15) is 9.59 Å². The number of aryl methyl sites for hydroxylation is 1. The second-order valence-corrected chi connectivity index (χ2v) is 5.91. The Morgan fingerprint density at radius 3 is 2.23 bits per heavy atom. The minimum absolute atomic E-state index is 0.0250. The van der Waals surface area contributed by atoms with Crippen molar-refractivity contribution in [1.29, 1.82) is 0 Å². The fourth-order valence-corrected chi connectivity index (χ4v) is 1.96. The first-order valence-electron chi connectivity index (χ1n) is 7.70. The van der Waals surface area contributed by atoms with Crippen LogP contribution >= 0.6 is 0 Å². The molecule has 0 fully saturated rings. The second-order valence-electron chi connectivity index (χ2n) is 5.91. The third kappa shape index (κ3) is 5.48. The molecule has 22 heavy (non-hydrogen) atoms. The molecule has 1 aromatic carbocycles. The van der Waals surface area contributed by atoms with Crippen LogP contribution in [0, 0.1) is 5.92 Å². The Balaban J connectivity index is 2.46. The molecular weight excluding hydrogens is 278 g/mol. The first kappa shape index (κ1) is 18.2. The zero-order chi connectivity index (χ0) is 16.7. The van der Waals surface area contributed by atoms with Gasteiger partial charge in [0.05, 0.1) is 12.6 Å². The highest BCUT2D eigenvalue weighted by Gasteiger charge is 2.18. The lowest BCUT2D eigenvalue weighted by atomic mass is 10.1. The van der Waals surface area contributed by atoms with Crippen molar-refractivity contribution in [3.05, 3.63) is 35.4 Å². The number of nitrogens with two attached hydrogens (primary N) is 1. The molecule has 2 amide bonds. The number of benzene rings is 1. The summed E-state index contributed by atoms with van der Waals surface area (Å²) in [5.41, 5.74) is 8.08. The number of amides is 2. The molecule has 0 aliphatic rings. The van der Waals surface area contributed by atoms with E-state index in [0.29, 0.717) is 6.54 Å². The number of nitrogens with zero attached hydrogens (tertiary/aromatic N) is 1. The standard InChI is InChI=1S/C17H27N3O2/c1-5-13-6-8-14(9-7-13)11-20(4)15(21)10-19-17(22)16(18)12(2)3/h6-9,12,16H,5,10-11,18H2,1-4H3,(H,19,22)/t16-/m0/s1. The van der Waals surface area contributed by atoms with E-state index < -0.39 is 6.04 Å². The molecule has 0 radical (unpaired) electrons. The summed E-state index contributed by atoms with van der Waals surface area (Å²) in [5.74, 6) is -0.377. The number of carbonyl (C=O) groups is 2. The van der Waals surface area contributed by atoms with Gasteiger partial charge in [0.1, 0.15) is 0 Å². The van der Waals surface area contributed by atoms with Gasteiger partial charge in [-0.1, -0.05) is 45.0 Å². The summed E-state index contributed by atoms with van der Waals surface area (Å²) < 4.78 is 0. The van der Waals surface area contributed by atoms with Gasteiger partial charge in [0.15, 0.2) is 0 Å². The van der Waals surface area contributed by atoms with Crippen molar-refractivity contribution in [2.75, 3.05) is 13.6 Å². The predicted molar refractivity (Wildman–Crippen MR) is 88.1 cm³/mol. The van der Waals surface area contributed by atoms with Gasteiger partial charge in [-0.25, -0.2) is 0 Å². The van der Waals surface area contributed by atoms with Gasteiger partial charge in [-0.2, -0.15) is 0 Å². The molecule has 0 spiro atoms. The van der Waals surface area contributed by atoms with Gasteiger partial charge in [-0.05, 0) is 23.5 Å². The summed E-state index contributed by atoms with van der Waals surface area (Å²) in [6.45, 7) is 6.35. The van der Waals surface area contributed by atoms with Crippen LogP contribution in [0.2, 0.25) is 0 Å². The summed E-state index contributed by atoms with van der Waals surface area (Å²) in [6.07, 6.45) is 0.997. The van der Waals surface area contributed by atoms with Crippen molar-refractivity contribution in [3.63, 3.8) is 0 Å². The number of rotatable bonds is 7. The first-order chi connectivity index (χ1) is 10.3. The van der Waals surface area contributed by atoms with E-state index >= 15 is 0 Å². The Hall–Kier alpha value is -1.88. The molecule has 0 bridgehead atoms. The maximum Gasteiger partial charge on any atom is 0.242 e. The fraction of sp³-hybridized carbons (Fsp3) is 0.529. The molecule has 0 aromatic heterocycles. The molecule has 0 aliphatic heterocycles. The molecule has 0 aliphatic carbocycles. The maximum absolute atomic E-state index is 12.0. The lowest BCUT2D eigenvalue weighted by molar-refractivity contribution is -0.132. The number of nitrogens with one attached hydrogen (secondary N) is 1. The lowest BCUT2D eigenvalue weighted by Gasteiger charge is -2.19. The Morgan fingerprint density at radius 2 is 1.73 bits per heavy atom. The van der Waals surface area contributed by atoms with Crippen LogP contribution in [0.15, 0.2) is 24.3 Å². The summed E-state index contributed by atoms with van der Waals surface area (Å²) >= 11 is 0. The SMILES string of the molecule is CCc1ccc(CN(C)C(=O)CNC(=O)[C@@H](N)C(C)C)cc1. The average molecular weight is 305 g/mol. The van der Waals surface area contributed by atoms with Gasteiger partial charge in [0.2, 0.25) is 11.8 Å². The van der Waals surface area contributed by atoms with Crippen LogP contribution in [-0.2, 0) is 22.6 Å². The Labute approximate surface area is 132 Å². The van der Waals surface area contributed by atoms with Gasteiger partial charge in [0.25, 0.3) is 0 Å². The predicted octanol–water partition coefficient (Wildman–Crippen LogP) is 1.31. The number of hydrogen-bond acceptors (Lipinski definition) is 3. The maximum atomic E-state index is 12.0. The molecule has 1 atom stereocenters. The number of carbonyl (C=O) groups excluding carboxylic acids is 2. The molecule has 5 nitrogen and oxygen atoms in total. The topological polar surface area (TPSA) is 75.4 Å². The largest absolute Gasteiger partial charge is 0.346 e. The third-order valence-corrected chi connectivity index (χ3v) is 3.71. The first-order valence-corrected chi connectivity index (χ1v) is 7.70. The van der Waals surface area contributed by atoms with Gasteiger partial charge < -0.3 is 16.0 Å². The smallest absolute Gasteiger partial charge is 0.242 e. The van der Waals surface area contributed by atoms with Crippen LogP contribution in [0.4, 0.5) is 0 Å². The van der Waals surface area contributed by atoms with Crippen LogP contribution in [0.5, 0.6) is 0 Å². The molecule has 1 rings (SSSR count). The third-order valence-electron chi connectivity index (χ3n) is 3.71. The lowest BCUT2D eigenvalue weighted by Crippen LogP contribution is -2.47. The van der Waals surface area contributed by atoms with E-state index in [0.717, 1.165) is 12.0 Å². The number of likely N-dealkylation sites (N-methyl/N-ethyl adjacent to an activating group) is 1. The van der Waals surface area contributed by atoms with Crippen LogP contribution in [0.3, 0.4) is 0 Å². The molecule has 0 heterocycles. The summed E-state index contributed by atoms with van der Waals surface area (Å²) in [7, 11) is 1.73. The molecule has 0 saturated carbocycles. The van der Waals surface area contributed by atoms with Crippen LogP contribution in [0.1, 0.15) is 31.9 Å². The Kier molecular flexibility index (Phi) is 7.05. The van der Waals surface area contributed by atoms with Crippen molar-refractivity contribution in [1.82, 2.24) is 10.2 Å². The van der Waals surface area contributed by atoms with E-state index in [1.54, 1.807) is 11.9 Å². The van der Waals surface area contributed by atoms with E-state index in [1.165, 1.54) is 5.56 Å². The fourth-order valence-electron chi connectivity index (χ4n) is 1.96. The molecular formula is C17H27N3O2. The summed E-state index contributed by atoms with van der Waals surface area (Å²) in [4.78, 5) is 25.4. The molecule has 0 unspecified atom stereocenters. The summed E-state index contributed by atoms with van der Waals surface area (Å²) in [5, 5.41) is 2.59. The van der Waals surface area contributed by atoms with Crippen molar-refractivity contribution in [3.8, 4) is 0 Å². The van der Waals surface area contributed by atoms with Gasteiger partial charge >= 0.3 is 0 Å². The Bertz CT molecular complexity index is 497. The highest BCUT2D eigenvalue weighted by Crippen LogP contribution is 2.07. The molecule has 5 heteroatoms. The van der Waals surface area contributed by atoms with E-state index in [4.69, 9.17) is 5.73 Å². The minimum Gasteiger partial charge on any atom is -0.346 e. The molecule has 0 saturated heterocycles. The minimum atomic E-state index is -0.584. The van der Waals surface area contributed by atoms with Gasteiger partial charge in [-0.3, -0.25) is 9.59 Å². The van der Waals surface area contributed by atoms with Crippen LogP contribution < -0.4 is 11.1 Å². The molecule has 3 N–H and O–H groups in total. The van der Waals surface area contributed by atoms with Crippen LogP contribution in [-0.4, -0.2) is 36.3 Å². The van der Waals surface area contributed by atoms with Crippen LogP contribution in [0.25, 0.3) is 0 Å². The van der Waals surface area contributed by atoms with Crippen molar-refractivity contribution in [2.24, 2.45) is 11.7 Å². The number of hydrogen-bond donors (Lipinski definition) is 2. The van der Waals surface area contributed by atoms with E-state index in [1.807, 2.05) is 26.0 Å². The van der Waals surface area contributed by atoms with Crippen molar-refractivity contribution >= 4 is 11.8 Å². The van der Waals surface area contributed by atoms with Gasteiger partial charge in [0, 0.05) is 13.6 Å². The monoisotopic (exact) mass is 305 g/mol. The second kappa shape index (κ2) is 8.54. The van der Waals surface area contributed by atoms with Gasteiger partial charge in [-0.15, -0.1) is 0 Å². The normalized spacial score (nSPS) is 12.1. The molecule has 1 aromatic rings. The average Bonchev–Trinajstić information content (AvgIpc) is 2.51.